The smallest absolute Gasteiger partial charge is 0.245 e. The molecule has 2 atom stereocenters. The number of carbonyl (C=O) groups is 2. The third-order valence-electron chi connectivity index (χ3n) is 3.44. The second-order valence-electron chi connectivity index (χ2n) is 5.10. The summed E-state index contributed by atoms with van der Waals surface area (Å²) >= 11 is 1.95. The SMILES string of the molecule is CC(C)C1CN(C(=O)C2CCC(=O)N2)CCS1. The lowest BCUT2D eigenvalue weighted by molar-refractivity contribution is -0.134. The second kappa shape index (κ2) is 5.29. The van der Waals surface area contributed by atoms with E-state index in [0.29, 0.717) is 24.0 Å². The third kappa shape index (κ3) is 2.94. The Labute approximate surface area is 106 Å². The van der Waals surface area contributed by atoms with E-state index in [0.717, 1.165) is 18.8 Å². The van der Waals surface area contributed by atoms with Crippen molar-refractivity contribution in [3.8, 4) is 0 Å². The molecule has 2 rings (SSSR count). The van der Waals surface area contributed by atoms with Crippen LogP contribution in [-0.4, -0.2) is 46.8 Å². The standard InChI is InChI=1S/C12H20N2O2S/c1-8(2)10-7-14(5-6-17-10)12(16)9-3-4-11(15)13-9/h8-10H,3-7H2,1-2H3,(H,13,15). The number of rotatable bonds is 2. The summed E-state index contributed by atoms with van der Waals surface area (Å²) in [6, 6.07) is -0.265. The van der Waals surface area contributed by atoms with Crippen LogP contribution >= 0.6 is 11.8 Å². The van der Waals surface area contributed by atoms with Gasteiger partial charge in [0.25, 0.3) is 0 Å². The fraction of sp³-hybridized carbons (Fsp3) is 0.833. The van der Waals surface area contributed by atoms with Gasteiger partial charge in [0.1, 0.15) is 6.04 Å². The van der Waals surface area contributed by atoms with Gasteiger partial charge in [0.05, 0.1) is 0 Å². The molecular formula is C12H20N2O2S. The molecule has 5 heteroatoms. The van der Waals surface area contributed by atoms with Crippen LogP contribution < -0.4 is 5.32 Å². The van der Waals surface area contributed by atoms with Crippen LogP contribution in [0.5, 0.6) is 0 Å². The fourth-order valence-electron chi connectivity index (χ4n) is 2.30. The number of hydrogen-bond donors (Lipinski definition) is 1. The fourth-order valence-corrected chi connectivity index (χ4v) is 3.60. The predicted octanol–water partition coefficient (Wildman–Crippen LogP) is 0.865. The molecule has 1 N–H and O–H groups in total. The number of amides is 2. The molecule has 2 amide bonds. The maximum absolute atomic E-state index is 12.2. The summed E-state index contributed by atoms with van der Waals surface area (Å²) in [5, 5.41) is 3.29. The normalized spacial score (nSPS) is 29.6. The number of thioether (sulfide) groups is 1. The van der Waals surface area contributed by atoms with Crippen LogP contribution in [0.25, 0.3) is 0 Å². The molecule has 2 aliphatic rings. The quantitative estimate of drug-likeness (QED) is 0.797. The minimum Gasteiger partial charge on any atom is -0.344 e. The number of nitrogens with one attached hydrogen (secondary N) is 1. The Morgan fingerprint density at radius 2 is 2.29 bits per heavy atom. The van der Waals surface area contributed by atoms with E-state index in [4.69, 9.17) is 0 Å². The van der Waals surface area contributed by atoms with Crippen molar-refractivity contribution < 1.29 is 9.59 Å². The molecule has 0 aromatic carbocycles. The van der Waals surface area contributed by atoms with Crippen molar-refractivity contribution in [1.29, 1.82) is 0 Å². The van der Waals surface area contributed by atoms with Gasteiger partial charge in [-0.1, -0.05) is 13.8 Å². The average molecular weight is 256 g/mol. The first-order valence-electron chi connectivity index (χ1n) is 6.27. The largest absolute Gasteiger partial charge is 0.344 e. The van der Waals surface area contributed by atoms with E-state index in [1.807, 2.05) is 16.7 Å². The third-order valence-corrected chi connectivity index (χ3v) is 4.98. The highest BCUT2D eigenvalue weighted by molar-refractivity contribution is 8.00. The Morgan fingerprint density at radius 3 is 2.88 bits per heavy atom. The maximum atomic E-state index is 12.2. The van der Waals surface area contributed by atoms with Crippen molar-refractivity contribution in [2.45, 2.75) is 38.0 Å². The topological polar surface area (TPSA) is 49.4 Å². The van der Waals surface area contributed by atoms with Crippen LogP contribution in [0, 0.1) is 5.92 Å². The highest BCUT2D eigenvalue weighted by Gasteiger charge is 2.33. The van der Waals surface area contributed by atoms with Gasteiger partial charge in [-0.3, -0.25) is 9.59 Å². The molecule has 0 spiro atoms. The lowest BCUT2D eigenvalue weighted by atomic mass is 10.1. The molecule has 0 aliphatic carbocycles. The van der Waals surface area contributed by atoms with Crippen LogP contribution in [0.15, 0.2) is 0 Å². The van der Waals surface area contributed by atoms with E-state index < -0.39 is 0 Å². The van der Waals surface area contributed by atoms with Gasteiger partial charge in [-0.25, -0.2) is 0 Å². The molecule has 96 valence electrons. The zero-order valence-corrected chi connectivity index (χ0v) is 11.3. The molecule has 2 aliphatic heterocycles. The van der Waals surface area contributed by atoms with Gasteiger partial charge in [0.15, 0.2) is 0 Å². The molecule has 17 heavy (non-hydrogen) atoms. The first kappa shape index (κ1) is 12.7. The van der Waals surface area contributed by atoms with Gasteiger partial charge in [0, 0.05) is 30.5 Å². The number of carbonyl (C=O) groups excluding carboxylic acids is 2. The van der Waals surface area contributed by atoms with Gasteiger partial charge in [0.2, 0.25) is 11.8 Å². The Balaban J connectivity index is 1.93. The zero-order valence-electron chi connectivity index (χ0n) is 10.4. The summed E-state index contributed by atoms with van der Waals surface area (Å²) in [6.07, 6.45) is 1.15. The van der Waals surface area contributed by atoms with Crippen molar-refractivity contribution in [2.24, 2.45) is 5.92 Å². The molecule has 2 unspecified atom stereocenters. The van der Waals surface area contributed by atoms with Gasteiger partial charge in [-0.2, -0.15) is 11.8 Å². The van der Waals surface area contributed by atoms with Crippen LogP contribution in [-0.2, 0) is 9.59 Å². The van der Waals surface area contributed by atoms with Crippen LogP contribution in [0.1, 0.15) is 26.7 Å². The van der Waals surface area contributed by atoms with Crippen molar-refractivity contribution in [2.75, 3.05) is 18.8 Å². The van der Waals surface area contributed by atoms with Crippen LogP contribution in [0.4, 0.5) is 0 Å². The van der Waals surface area contributed by atoms with Crippen LogP contribution in [0.3, 0.4) is 0 Å². The first-order chi connectivity index (χ1) is 8.08. The number of hydrogen-bond acceptors (Lipinski definition) is 3. The van der Waals surface area contributed by atoms with E-state index in [2.05, 4.69) is 19.2 Å². The lowest BCUT2D eigenvalue weighted by Gasteiger charge is -2.35. The van der Waals surface area contributed by atoms with Crippen molar-refractivity contribution in [3.63, 3.8) is 0 Å². The monoisotopic (exact) mass is 256 g/mol. The Bertz CT molecular complexity index is 320. The predicted molar refractivity (Wildman–Crippen MR) is 68.8 cm³/mol. The highest BCUT2D eigenvalue weighted by atomic mass is 32.2. The van der Waals surface area contributed by atoms with Crippen molar-refractivity contribution in [3.05, 3.63) is 0 Å². The van der Waals surface area contributed by atoms with E-state index in [1.165, 1.54) is 0 Å². The molecule has 2 heterocycles. The molecule has 2 fully saturated rings. The van der Waals surface area contributed by atoms with Crippen molar-refractivity contribution in [1.82, 2.24) is 10.2 Å². The summed E-state index contributed by atoms with van der Waals surface area (Å²) in [5.74, 6) is 1.72. The van der Waals surface area contributed by atoms with Crippen LogP contribution in [0.2, 0.25) is 0 Å². The second-order valence-corrected chi connectivity index (χ2v) is 6.44. The van der Waals surface area contributed by atoms with E-state index in [-0.39, 0.29) is 17.9 Å². The Kier molecular flexibility index (Phi) is 3.97. The summed E-state index contributed by atoms with van der Waals surface area (Å²) in [4.78, 5) is 25.3. The molecule has 0 radical (unpaired) electrons. The summed E-state index contributed by atoms with van der Waals surface area (Å²) in [7, 11) is 0. The molecule has 4 nitrogen and oxygen atoms in total. The Morgan fingerprint density at radius 1 is 1.53 bits per heavy atom. The zero-order chi connectivity index (χ0) is 12.4. The van der Waals surface area contributed by atoms with E-state index >= 15 is 0 Å². The average Bonchev–Trinajstić information content (AvgIpc) is 2.75. The molecule has 0 aromatic heterocycles. The van der Waals surface area contributed by atoms with Gasteiger partial charge >= 0.3 is 0 Å². The first-order valence-corrected chi connectivity index (χ1v) is 7.32. The molecule has 2 saturated heterocycles. The molecule has 0 aromatic rings. The summed E-state index contributed by atoms with van der Waals surface area (Å²) in [6.45, 7) is 6.04. The van der Waals surface area contributed by atoms with Gasteiger partial charge < -0.3 is 10.2 Å². The minimum atomic E-state index is -0.265. The molecule has 0 bridgehead atoms. The maximum Gasteiger partial charge on any atom is 0.245 e. The summed E-state index contributed by atoms with van der Waals surface area (Å²) in [5.41, 5.74) is 0. The van der Waals surface area contributed by atoms with Gasteiger partial charge in [-0.05, 0) is 12.3 Å². The van der Waals surface area contributed by atoms with Crippen molar-refractivity contribution >= 4 is 23.6 Å². The molecule has 0 saturated carbocycles. The number of nitrogens with zero attached hydrogens (tertiary/aromatic N) is 1. The minimum absolute atomic E-state index is 0.00939. The lowest BCUT2D eigenvalue weighted by Crippen LogP contribution is -2.50. The summed E-state index contributed by atoms with van der Waals surface area (Å²) < 4.78 is 0. The van der Waals surface area contributed by atoms with E-state index in [9.17, 15) is 9.59 Å². The highest BCUT2D eigenvalue weighted by Crippen LogP contribution is 2.25. The Hall–Kier alpha value is -0.710. The van der Waals surface area contributed by atoms with E-state index in [1.54, 1.807) is 0 Å². The molecular weight excluding hydrogens is 236 g/mol. The van der Waals surface area contributed by atoms with Gasteiger partial charge in [-0.15, -0.1) is 0 Å².